The summed E-state index contributed by atoms with van der Waals surface area (Å²) in [6.07, 6.45) is 0.111. The third-order valence-corrected chi connectivity index (χ3v) is 3.29. The van der Waals surface area contributed by atoms with Gasteiger partial charge in [-0.3, -0.25) is 4.79 Å². The third-order valence-electron chi connectivity index (χ3n) is 3.29. The smallest absolute Gasteiger partial charge is 0.348 e. The summed E-state index contributed by atoms with van der Waals surface area (Å²) in [5, 5.41) is 9.10. The van der Waals surface area contributed by atoms with Crippen molar-refractivity contribution in [3.8, 4) is 0 Å². The van der Waals surface area contributed by atoms with E-state index in [1.165, 1.54) is 4.90 Å². The molecule has 5 heteroatoms. The molecule has 2 heterocycles. The van der Waals surface area contributed by atoms with Crippen LogP contribution >= 0.6 is 0 Å². The van der Waals surface area contributed by atoms with Crippen LogP contribution in [-0.4, -0.2) is 35.2 Å². The number of anilines is 1. The lowest BCUT2D eigenvalue weighted by atomic mass is 9.96. The Morgan fingerprint density at radius 3 is 2.76 bits per heavy atom. The molecule has 0 aliphatic carbocycles. The van der Waals surface area contributed by atoms with Gasteiger partial charge in [-0.05, 0) is 18.6 Å². The molecule has 0 bridgehead atoms. The van der Waals surface area contributed by atoms with Crippen LogP contribution in [0.2, 0.25) is 0 Å². The van der Waals surface area contributed by atoms with Crippen molar-refractivity contribution in [1.82, 2.24) is 0 Å². The van der Waals surface area contributed by atoms with Gasteiger partial charge in [-0.1, -0.05) is 18.2 Å². The fraction of sp³-hybridized carbons (Fsp3) is 0.333. The molecule has 0 radical (unpaired) electrons. The summed E-state index contributed by atoms with van der Waals surface area (Å²) in [5.41, 5.74) is -0.902. The number of aliphatic carboxylic acids is 1. The molecule has 2 fully saturated rings. The summed E-state index contributed by atoms with van der Waals surface area (Å²) < 4.78 is 5.10. The molecular formula is C12H11NO4. The van der Waals surface area contributed by atoms with Crippen molar-refractivity contribution < 1.29 is 19.4 Å². The zero-order chi connectivity index (χ0) is 12.0. The predicted octanol–water partition coefficient (Wildman–Crippen LogP) is 0.645. The molecule has 2 saturated heterocycles. The Kier molecular flexibility index (Phi) is 2.00. The minimum Gasteiger partial charge on any atom is -0.479 e. The molecule has 2 atom stereocenters. The molecule has 1 aromatic carbocycles. The normalized spacial score (nSPS) is 30.9. The number of ether oxygens (including phenoxy) is 1. The Bertz CT molecular complexity index is 487. The molecule has 1 aromatic rings. The average Bonchev–Trinajstić information content (AvgIpc) is 3.07. The molecule has 0 saturated carbocycles. The number of carboxylic acids is 1. The highest BCUT2D eigenvalue weighted by atomic mass is 16.6. The number of piperidine rings is 1. The number of epoxide rings is 1. The van der Waals surface area contributed by atoms with E-state index in [-0.39, 0.29) is 0 Å². The number of carboxylic acid groups (broad SMARTS) is 1. The molecule has 2 unspecified atom stereocenters. The number of benzene rings is 1. The summed E-state index contributed by atoms with van der Waals surface area (Å²) in [7, 11) is 0. The van der Waals surface area contributed by atoms with Crippen LogP contribution in [0.4, 0.5) is 5.69 Å². The summed E-state index contributed by atoms with van der Waals surface area (Å²) >= 11 is 0. The number of rotatable bonds is 2. The van der Waals surface area contributed by atoms with Gasteiger partial charge in [0.15, 0.2) is 0 Å². The van der Waals surface area contributed by atoms with Crippen molar-refractivity contribution in [3.63, 3.8) is 0 Å². The topological polar surface area (TPSA) is 70.1 Å². The fourth-order valence-electron chi connectivity index (χ4n) is 2.32. The third kappa shape index (κ3) is 1.29. The first-order valence-corrected chi connectivity index (χ1v) is 5.44. The van der Waals surface area contributed by atoms with Gasteiger partial charge < -0.3 is 14.7 Å². The molecule has 88 valence electrons. The van der Waals surface area contributed by atoms with E-state index in [1.54, 1.807) is 12.1 Å². The van der Waals surface area contributed by atoms with Crippen LogP contribution in [0.1, 0.15) is 6.42 Å². The molecule has 3 rings (SSSR count). The van der Waals surface area contributed by atoms with Crippen molar-refractivity contribution in [1.29, 1.82) is 0 Å². The molecule has 2 aliphatic rings. The fourth-order valence-corrected chi connectivity index (χ4v) is 2.32. The maximum Gasteiger partial charge on any atom is 0.348 e. The van der Waals surface area contributed by atoms with E-state index < -0.39 is 23.6 Å². The predicted molar refractivity (Wildman–Crippen MR) is 58.7 cm³/mol. The monoisotopic (exact) mass is 233 g/mol. The van der Waals surface area contributed by atoms with Crippen LogP contribution in [0, 0.1) is 0 Å². The number of hydrogen-bond donors (Lipinski definition) is 1. The Morgan fingerprint density at radius 1 is 1.41 bits per heavy atom. The molecular weight excluding hydrogens is 222 g/mol. The second-order valence-corrected chi connectivity index (χ2v) is 4.23. The summed E-state index contributed by atoms with van der Waals surface area (Å²) in [4.78, 5) is 24.8. The minimum atomic E-state index is -1.62. The Hall–Kier alpha value is -1.88. The van der Waals surface area contributed by atoms with Gasteiger partial charge in [0.1, 0.15) is 6.10 Å². The summed E-state index contributed by atoms with van der Waals surface area (Å²) in [6, 6.07) is 9.05. The van der Waals surface area contributed by atoms with Crippen molar-refractivity contribution >= 4 is 17.6 Å². The Balaban J connectivity index is 1.94. The van der Waals surface area contributed by atoms with E-state index in [1.807, 2.05) is 18.2 Å². The first-order chi connectivity index (χ1) is 8.16. The average molecular weight is 233 g/mol. The molecule has 1 amide bonds. The highest BCUT2D eigenvalue weighted by molar-refractivity contribution is 6.16. The largest absolute Gasteiger partial charge is 0.479 e. The van der Waals surface area contributed by atoms with Gasteiger partial charge in [0.25, 0.3) is 11.5 Å². The van der Waals surface area contributed by atoms with Crippen molar-refractivity contribution in [2.75, 3.05) is 11.4 Å². The van der Waals surface area contributed by atoms with Gasteiger partial charge in [-0.25, -0.2) is 4.79 Å². The Morgan fingerprint density at radius 2 is 2.12 bits per heavy atom. The number of fused-ring (bicyclic) bond motifs is 1. The van der Waals surface area contributed by atoms with Gasteiger partial charge in [0.05, 0.1) is 0 Å². The summed E-state index contributed by atoms with van der Waals surface area (Å²) in [5.74, 6) is -1.65. The highest BCUT2D eigenvalue weighted by Crippen LogP contribution is 2.45. The van der Waals surface area contributed by atoms with Gasteiger partial charge in [0.2, 0.25) is 0 Å². The lowest BCUT2D eigenvalue weighted by Crippen LogP contribution is -2.51. The number of amides is 1. The van der Waals surface area contributed by atoms with Crippen LogP contribution in [0.25, 0.3) is 0 Å². The highest BCUT2D eigenvalue weighted by Gasteiger charge is 2.72. The molecule has 2 aliphatic heterocycles. The second kappa shape index (κ2) is 3.30. The minimum absolute atomic E-state index is 0.451. The van der Waals surface area contributed by atoms with Crippen LogP contribution < -0.4 is 4.90 Å². The van der Waals surface area contributed by atoms with Crippen LogP contribution in [0.3, 0.4) is 0 Å². The van der Waals surface area contributed by atoms with Gasteiger partial charge in [-0.2, -0.15) is 0 Å². The first-order valence-electron chi connectivity index (χ1n) is 5.44. The van der Waals surface area contributed by atoms with Gasteiger partial charge in [-0.15, -0.1) is 0 Å². The van der Waals surface area contributed by atoms with Crippen molar-refractivity contribution in [2.24, 2.45) is 0 Å². The zero-order valence-electron chi connectivity index (χ0n) is 9.00. The number of hydrogen-bond acceptors (Lipinski definition) is 3. The van der Waals surface area contributed by atoms with Crippen LogP contribution in [0.5, 0.6) is 0 Å². The lowest BCUT2D eigenvalue weighted by Gasteiger charge is -2.27. The summed E-state index contributed by atoms with van der Waals surface area (Å²) in [6.45, 7) is 0.503. The van der Waals surface area contributed by atoms with E-state index in [4.69, 9.17) is 9.84 Å². The maximum absolute atomic E-state index is 12.2. The molecule has 17 heavy (non-hydrogen) atoms. The number of carbonyl (C=O) groups excluding carboxylic acids is 1. The van der Waals surface area contributed by atoms with Gasteiger partial charge >= 0.3 is 5.97 Å². The zero-order valence-corrected chi connectivity index (χ0v) is 9.00. The van der Waals surface area contributed by atoms with Crippen molar-refractivity contribution in [3.05, 3.63) is 30.3 Å². The number of carbonyl (C=O) groups is 2. The first kappa shape index (κ1) is 10.3. The molecule has 0 spiro atoms. The van der Waals surface area contributed by atoms with E-state index in [0.29, 0.717) is 18.7 Å². The van der Waals surface area contributed by atoms with Crippen LogP contribution in [-0.2, 0) is 14.3 Å². The molecule has 1 N–H and O–H groups in total. The van der Waals surface area contributed by atoms with Gasteiger partial charge in [0, 0.05) is 12.2 Å². The van der Waals surface area contributed by atoms with Crippen molar-refractivity contribution in [2.45, 2.75) is 18.1 Å². The van der Waals surface area contributed by atoms with E-state index in [2.05, 4.69) is 0 Å². The molecule has 5 nitrogen and oxygen atoms in total. The number of para-hydroxylation sites is 1. The van der Waals surface area contributed by atoms with E-state index in [9.17, 15) is 9.59 Å². The van der Waals surface area contributed by atoms with Crippen LogP contribution in [0.15, 0.2) is 30.3 Å². The quantitative estimate of drug-likeness (QED) is 0.601. The Labute approximate surface area is 97.6 Å². The standard InChI is InChI=1S/C12H11NO4/c14-10-12(11(15)16)9(17-12)6-7-13(10)8-4-2-1-3-5-8/h1-5,9H,6-7H2,(H,15,16). The molecule has 0 aromatic heterocycles. The maximum atomic E-state index is 12.2. The second-order valence-electron chi connectivity index (χ2n) is 4.23. The van der Waals surface area contributed by atoms with E-state index >= 15 is 0 Å². The van der Waals surface area contributed by atoms with E-state index in [0.717, 1.165) is 0 Å². The SMILES string of the molecule is O=C(O)C12OC1CCN(c1ccccc1)C2=O. The number of nitrogens with zero attached hydrogens (tertiary/aromatic N) is 1. The lowest BCUT2D eigenvalue weighted by molar-refractivity contribution is -0.148.